The van der Waals surface area contributed by atoms with Crippen molar-refractivity contribution in [1.82, 2.24) is 0 Å². The van der Waals surface area contributed by atoms with Gasteiger partial charge in [-0.25, -0.2) is 4.57 Å². The number of hydrogen-bond acceptors (Lipinski definition) is 1. The van der Waals surface area contributed by atoms with Gasteiger partial charge in [0.15, 0.2) is 6.20 Å². The normalized spacial score (nSPS) is 13.1. The summed E-state index contributed by atoms with van der Waals surface area (Å²) in [5.41, 5.74) is 13.4. The van der Waals surface area contributed by atoms with Crippen molar-refractivity contribution in [2.75, 3.05) is 0 Å². The lowest BCUT2D eigenvalue weighted by atomic mass is 9.76. The van der Waals surface area contributed by atoms with Gasteiger partial charge in [-0.3, -0.25) is 0 Å². The summed E-state index contributed by atoms with van der Waals surface area (Å²) < 4.78 is 2.19. The highest BCUT2D eigenvalue weighted by Gasteiger charge is 2.42. The highest BCUT2D eigenvalue weighted by molar-refractivity contribution is 5.92. The van der Waals surface area contributed by atoms with Crippen LogP contribution in [0.1, 0.15) is 36.1 Å². The van der Waals surface area contributed by atoms with Crippen molar-refractivity contribution in [1.29, 1.82) is 5.26 Å². The van der Waals surface area contributed by atoms with Gasteiger partial charge in [0.25, 0.3) is 0 Å². The Morgan fingerprint density at radius 3 is 1.95 bits per heavy atom. The number of nitriles is 1. The minimum atomic E-state index is -0.320. The zero-order valence-corrected chi connectivity index (χ0v) is 21.7. The quantitative estimate of drug-likeness (QED) is 0.242. The predicted molar refractivity (Wildman–Crippen MR) is 151 cm³/mol. The Morgan fingerprint density at radius 1 is 0.649 bits per heavy atom. The summed E-state index contributed by atoms with van der Waals surface area (Å²) in [6.45, 7) is 6.73. The molecule has 4 aromatic carbocycles. The number of aryl methyl sites for hydroxylation is 2. The van der Waals surface area contributed by atoms with Crippen LogP contribution in [0.2, 0.25) is 0 Å². The zero-order chi connectivity index (χ0) is 25.7. The standard InChI is InChI=1S/C35H29N2/c1-23-13-18-29-28-20-19-27(26-16-14-25(15-17-26)24-10-6-5-7-11-24)30(22-36)33(28)35(2,3)34(29)32(23)31-12-8-9-21-37(31)4/h5-21H,1-4H3/q+1. The maximum absolute atomic E-state index is 10.5. The Balaban J connectivity index is 1.53. The summed E-state index contributed by atoms with van der Waals surface area (Å²) in [4.78, 5) is 0. The monoisotopic (exact) mass is 477 g/mol. The Kier molecular flexibility index (Phi) is 5.32. The minimum Gasteiger partial charge on any atom is -0.201 e. The van der Waals surface area contributed by atoms with E-state index in [-0.39, 0.29) is 5.41 Å². The zero-order valence-electron chi connectivity index (χ0n) is 21.7. The van der Waals surface area contributed by atoms with Gasteiger partial charge >= 0.3 is 0 Å². The molecule has 1 heterocycles. The van der Waals surface area contributed by atoms with Crippen molar-refractivity contribution >= 4 is 0 Å². The molecule has 0 N–H and O–H groups in total. The average Bonchev–Trinajstić information content (AvgIpc) is 3.16. The Morgan fingerprint density at radius 2 is 1.24 bits per heavy atom. The molecule has 2 heteroatoms. The van der Waals surface area contributed by atoms with E-state index in [2.05, 4.69) is 136 Å². The summed E-state index contributed by atoms with van der Waals surface area (Å²) in [6.07, 6.45) is 2.10. The molecule has 0 unspecified atom stereocenters. The third kappa shape index (κ3) is 3.51. The Hall–Kier alpha value is -4.48. The molecule has 0 radical (unpaired) electrons. The molecule has 2 nitrogen and oxygen atoms in total. The fourth-order valence-corrected chi connectivity index (χ4v) is 6.12. The molecule has 178 valence electrons. The lowest BCUT2D eigenvalue weighted by molar-refractivity contribution is -0.660. The van der Waals surface area contributed by atoms with Crippen LogP contribution in [0, 0.1) is 18.3 Å². The second kappa shape index (κ2) is 8.57. The molecule has 0 saturated heterocycles. The molecule has 1 aliphatic rings. The van der Waals surface area contributed by atoms with Gasteiger partial charge in [-0.05, 0) is 63.1 Å². The first-order valence-electron chi connectivity index (χ1n) is 12.7. The molecule has 1 aliphatic carbocycles. The van der Waals surface area contributed by atoms with E-state index in [4.69, 9.17) is 0 Å². The summed E-state index contributed by atoms with van der Waals surface area (Å²) in [5.74, 6) is 0. The number of fused-ring (bicyclic) bond motifs is 3. The van der Waals surface area contributed by atoms with Gasteiger partial charge in [-0.1, -0.05) is 92.7 Å². The van der Waals surface area contributed by atoms with E-state index >= 15 is 0 Å². The van der Waals surface area contributed by atoms with E-state index in [0.717, 1.165) is 22.3 Å². The highest BCUT2D eigenvalue weighted by atomic mass is 14.9. The van der Waals surface area contributed by atoms with Crippen LogP contribution in [0.5, 0.6) is 0 Å². The number of aromatic nitrogens is 1. The molecule has 5 aromatic rings. The molecule has 0 aliphatic heterocycles. The fourth-order valence-electron chi connectivity index (χ4n) is 6.12. The smallest absolute Gasteiger partial charge is 0.201 e. The number of benzene rings is 4. The van der Waals surface area contributed by atoms with Crippen LogP contribution in [0.4, 0.5) is 0 Å². The van der Waals surface area contributed by atoms with Crippen molar-refractivity contribution in [3.63, 3.8) is 0 Å². The molecule has 0 bridgehead atoms. The molecule has 0 spiro atoms. The molecule has 37 heavy (non-hydrogen) atoms. The third-order valence-corrected chi connectivity index (χ3v) is 7.89. The van der Waals surface area contributed by atoms with E-state index < -0.39 is 0 Å². The summed E-state index contributed by atoms with van der Waals surface area (Å²) >= 11 is 0. The summed E-state index contributed by atoms with van der Waals surface area (Å²) in [7, 11) is 2.10. The minimum absolute atomic E-state index is 0.320. The van der Waals surface area contributed by atoms with Crippen LogP contribution in [0.3, 0.4) is 0 Å². The first kappa shape index (κ1) is 23.0. The largest absolute Gasteiger partial charge is 0.212 e. The van der Waals surface area contributed by atoms with Crippen molar-refractivity contribution in [3.05, 3.63) is 126 Å². The van der Waals surface area contributed by atoms with Gasteiger partial charge in [0.2, 0.25) is 5.69 Å². The van der Waals surface area contributed by atoms with Crippen LogP contribution < -0.4 is 4.57 Å². The van der Waals surface area contributed by atoms with Crippen LogP contribution in [-0.4, -0.2) is 0 Å². The first-order valence-corrected chi connectivity index (χ1v) is 12.7. The number of nitrogens with zero attached hydrogens (tertiary/aromatic N) is 2. The van der Waals surface area contributed by atoms with Crippen molar-refractivity contribution in [2.24, 2.45) is 7.05 Å². The summed E-state index contributed by atoms with van der Waals surface area (Å²) in [6, 6.07) is 36.7. The van der Waals surface area contributed by atoms with E-state index in [0.29, 0.717) is 0 Å². The topological polar surface area (TPSA) is 27.7 Å². The number of rotatable bonds is 3. The fraction of sp³-hybridized carbons (Fsp3) is 0.143. The van der Waals surface area contributed by atoms with Crippen molar-refractivity contribution in [3.8, 4) is 50.7 Å². The van der Waals surface area contributed by atoms with E-state index in [9.17, 15) is 5.26 Å². The van der Waals surface area contributed by atoms with E-state index in [1.807, 2.05) is 6.07 Å². The second-order valence-corrected chi connectivity index (χ2v) is 10.5. The van der Waals surface area contributed by atoms with Crippen LogP contribution >= 0.6 is 0 Å². The molecule has 0 saturated carbocycles. The first-order chi connectivity index (χ1) is 17.9. The van der Waals surface area contributed by atoms with Gasteiger partial charge in [0.1, 0.15) is 13.1 Å². The van der Waals surface area contributed by atoms with Gasteiger partial charge < -0.3 is 0 Å². The predicted octanol–water partition coefficient (Wildman–Crippen LogP) is 8.00. The molecule has 1 aromatic heterocycles. The molecule has 6 rings (SSSR count). The van der Waals surface area contributed by atoms with Gasteiger partial charge in [-0.15, -0.1) is 0 Å². The Bertz CT molecular complexity index is 1700. The van der Waals surface area contributed by atoms with Crippen molar-refractivity contribution < 1.29 is 4.57 Å². The van der Waals surface area contributed by atoms with E-state index in [1.165, 1.54) is 44.6 Å². The van der Waals surface area contributed by atoms with Crippen molar-refractivity contribution in [2.45, 2.75) is 26.2 Å². The molecule has 0 atom stereocenters. The number of pyridine rings is 1. The van der Waals surface area contributed by atoms with Gasteiger partial charge in [0, 0.05) is 17.5 Å². The molecule has 0 amide bonds. The molecule has 0 fully saturated rings. The third-order valence-electron chi connectivity index (χ3n) is 7.89. The maximum atomic E-state index is 10.5. The maximum Gasteiger partial charge on any atom is 0.212 e. The van der Waals surface area contributed by atoms with Crippen LogP contribution in [-0.2, 0) is 12.5 Å². The molecular weight excluding hydrogens is 448 g/mol. The lowest BCUT2D eigenvalue weighted by Crippen LogP contribution is -2.31. The molecular formula is C35H29N2+. The van der Waals surface area contributed by atoms with E-state index in [1.54, 1.807) is 0 Å². The van der Waals surface area contributed by atoms with Crippen LogP contribution in [0.25, 0.3) is 44.6 Å². The van der Waals surface area contributed by atoms with Gasteiger partial charge in [0.05, 0.1) is 11.1 Å². The second-order valence-electron chi connectivity index (χ2n) is 10.5. The summed E-state index contributed by atoms with van der Waals surface area (Å²) in [5, 5.41) is 10.5. The lowest BCUT2D eigenvalue weighted by Gasteiger charge is -2.26. The average molecular weight is 478 g/mol. The van der Waals surface area contributed by atoms with Crippen LogP contribution in [0.15, 0.2) is 103 Å². The number of hydrogen-bond donors (Lipinski definition) is 0. The van der Waals surface area contributed by atoms with Gasteiger partial charge in [-0.2, -0.15) is 5.26 Å². The SMILES string of the molecule is Cc1ccc2c(c1-c1cccc[n+]1C)C(C)(C)c1c-2ccc(-c2ccc(-c3ccccc3)cc2)c1C#N. The highest BCUT2D eigenvalue weighted by Crippen LogP contribution is 2.54. The Labute approximate surface area is 219 Å².